The van der Waals surface area contributed by atoms with Gasteiger partial charge in [-0.2, -0.15) is 0 Å². The van der Waals surface area contributed by atoms with Gasteiger partial charge in [-0.1, -0.05) is 17.7 Å². The van der Waals surface area contributed by atoms with Crippen LogP contribution in [-0.2, 0) is 16.2 Å². The van der Waals surface area contributed by atoms with Crippen LogP contribution in [0.25, 0.3) is 0 Å². The minimum Gasteiger partial charge on any atom is -0.487 e. The maximum absolute atomic E-state index is 12.3. The lowest BCUT2D eigenvalue weighted by molar-refractivity contribution is -0.136. The van der Waals surface area contributed by atoms with E-state index in [1.807, 2.05) is 19.1 Å². The fourth-order valence-corrected chi connectivity index (χ4v) is 3.52. The molecule has 1 aromatic carbocycles. The first-order chi connectivity index (χ1) is 14.9. The Labute approximate surface area is 187 Å². The van der Waals surface area contributed by atoms with Gasteiger partial charge in [0.05, 0.1) is 5.02 Å². The van der Waals surface area contributed by atoms with Crippen LogP contribution in [0.3, 0.4) is 0 Å². The standard InChI is InChI=1S/C22H28ClN5O3/c1-16(14-28-10-8-27(2)9-11-28)25-21(29)22(30)26-18-5-6-20(19(23)12-18)31-15-17-4-3-7-24-13-17/h3-7,12-13,16H,8-11,14-15H2,1-2H3,(H,25,29)(H,26,30)/t16-/m1/s1. The van der Waals surface area contributed by atoms with Gasteiger partial charge in [-0.05, 0) is 38.2 Å². The molecule has 2 amide bonds. The predicted molar refractivity (Wildman–Crippen MR) is 120 cm³/mol. The summed E-state index contributed by atoms with van der Waals surface area (Å²) in [6.45, 7) is 6.85. The number of benzene rings is 1. The Hall–Kier alpha value is -2.68. The number of likely N-dealkylation sites (N-methyl/N-ethyl adjacent to an activating group) is 1. The summed E-state index contributed by atoms with van der Waals surface area (Å²) in [5.41, 5.74) is 1.34. The van der Waals surface area contributed by atoms with Crippen LogP contribution in [0, 0.1) is 0 Å². The number of halogens is 1. The van der Waals surface area contributed by atoms with Gasteiger partial charge < -0.3 is 20.3 Å². The van der Waals surface area contributed by atoms with Gasteiger partial charge in [-0.25, -0.2) is 0 Å². The first-order valence-electron chi connectivity index (χ1n) is 10.2. The van der Waals surface area contributed by atoms with E-state index in [1.54, 1.807) is 30.6 Å². The summed E-state index contributed by atoms with van der Waals surface area (Å²) in [5, 5.41) is 5.67. The lowest BCUT2D eigenvalue weighted by atomic mass is 10.2. The lowest BCUT2D eigenvalue weighted by Crippen LogP contribution is -2.51. The molecule has 0 radical (unpaired) electrons. The average Bonchev–Trinajstić information content (AvgIpc) is 2.75. The van der Waals surface area contributed by atoms with E-state index < -0.39 is 11.8 Å². The second-order valence-electron chi connectivity index (χ2n) is 7.73. The van der Waals surface area contributed by atoms with Crippen molar-refractivity contribution < 1.29 is 14.3 Å². The van der Waals surface area contributed by atoms with Crippen molar-refractivity contribution in [3.8, 4) is 5.75 Å². The molecule has 0 saturated carbocycles. The topological polar surface area (TPSA) is 86.8 Å². The maximum Gasteiger partial charge on any atom is 0.313 e. The summed E-state index contributed by atoms with van der Waals surface area (Å²) in [5.74, 6) is -0.922. The summed E-state index contributed by atoms with van der Waals surface area (Å²) in [7, 11) is 2.10. The summed E-state index contributed by atoms with van der Waals surface area (Å²) >= 11 is 6.26. The number of hydrogen-bond donors (Lipinski definition) is 2. The summed E-state index contributed by atoms with van der Waals surface area (Å²) in [6, 6.07) is 8.45. The van der Waals surface area contributed by atoms with Gasteiger partial charge in [0.1, 0.15) is 12.4 Å². The number of carbonyl (C=O) groups excluding carboxylic acids is 2. The Morgan fingerprint density at radius 1 is 1.19 bits per heavy atom. The average molecular weight is 446 g/mol. The van der Waals surface area contributed by atoms with Crippen molar-refractivity contribution in [2.24, 2.45) is 0 Å². The van der Waals surface area contributed by atoms with Crippen molar-refractivity contribution in [2.75, 3.05) is 45.1 Å². The van der Waals surface area contributed by atoms with Crippen molar-refractivity contribution in [1.29, 1.82) is 0 Å². The number of nitrogens with one attached hydrogen (secondary N) is 2. The summed E-state index contributed by atoms with van der Waals surface area (Å²) < 4.78 is 5.69. The maximum atomic E-state index is 12.3. The molecule has 1 aliphatic rings. The van der Waals surface area contributed by atoms with E-state index in [1.165, 1.54) is 0 Å². The molecule has 1 aromatic heterocycles. The number of nitrogens with zero attached hydrogens (tertiary/aromatic N) is 3. The molecular formula is C22H28ClN5O3. The van der Waals surface area contributed by atoms with Gasteiger partial charge in [-0.15, -0.1) is 0 Å². The molecule has 0 spiro atoms. The van der Waals surface area contributed by atoms with E-state index in [9.17, 15) is 9.59 Å². The van der Waals surface area contributed by atoms with Gasteiger partial charge in [0.25, 0.3) is 0 Å². The van der Waals surface area contributed by atoms with E-state index in [4.69, 9.17) is 16.3 Å². The van der Waals surface area contributed by atoms with Crippen molar-refractivity contribution in [3.63, 3.8) is 0 Å². The molecule has 1 fully saturated rings. The van der Waals surface area contributed by atoms with Gasteiger partial charge in [-0.3, -0.25) is 19.5 Å². The zero-order valence-electron chi connectivity index (χ0n) is 17.8. The number of rotatable bonds is 7. The van der Waals surface area contributed by atoms with Crippen LogP contribution in [0.1, 0.15) is 12.5 Å². The molecule has 2 aromatic rings. The molecule has 0 aliphatic carbocycles. The highest BCUT2D eigenvalue weighted by molar-refractivity contribution is 6.40. The number of carbonyl (C=O) groups is 2. The van der Waals surface area contributed by atoms with E-state index in [0.717, 1.165) is 31.7 Å². The van der Waals surface area contributed by atoms with Crippen molar-refractivity contribution in [1.82, 2.24) is 20.1 Å². The molecule has 8 nitrogen and oxygen atoms in total. The van der Waals surface area contributed by atoms with Crippen LogP contribution in [0.15, 0.2) is 42.7 Å². The van der Waals surface area contributed by atoms with E-state index in [-0.39, 0.29) is 6.04 Å². The Morgan fingerprint density at radius 3 is 2.65 bits per heavy atom. The van der Waals surface area contributed by atoms with Crippen LogP contribution in [0.4, 0.5) is 5.69 Å². The number of hydrogen-bond acceptors (Lipinski definition) is 6. The molecule has 2 N–H and O–H groups in total. The predicted octanol–water partition coefficient (Wildman–Crippen LogP) is 2.00. The van der Waals surface area contributed by atoms with E-state index in [2.05, 4.69) is 32.5 Å². The number of amides is 2. The summed E-state index contributed by atoms with van der Waals surface area (Å²) in [6.07, 6.45) is 3.41. The Balaban J connectivity index is 1.46. The first-order valence-corrected chi connectivity index (χ1v) is 10.6. The second kappa shape index (κ2) is 11.1. The van der Waals surface area contributed by atoms with Gasteiger partial charge in [0.2, 0.25) is 0 Å². The zero-order chi connectivity index (χ0) is 22.2. The van der Waals surface area contributed by atoms with Gasteiger partial charge in [0, 0.05) is 62.4 Å². The molecule has 0 unspecified atom stereocenters. The Morgan fingerprint density at radius 2 is 1.97 bits per heavy atom. The highest BCUT2D eigenvalue weighted by Crippen LogP contribution is 2.28. The molecule has 1 saturated heterocycles. The molecule has 9 heteroatoms. The van der Waals surface area contributed by atoms with Gasteiger partial charge >= 0.3 is 11.8 Å². The minimum atomic E-state index is -0.731. The van der Waals surface area contributed by atoms with Crippen LogP contribution >= 0.6 is 11.6 Å². The molecule has 3 rings (SSSR count). The van der Waals surface area contributed by atoms with Crippen molar-refractivity contribution in [3.05, 3.63) is 53.3 Å². The number of piperazine rings is 1. The lowest BCUT2D eigenvalue weighted by Gasteiger charge is -2.33. The molecule has 0 bridgehead atoms. The minimum absolute atomic E-state index is 0.131. The molecule has 2 heterocycles. The van der Waals surface area contributed by atoms with Crippen LogP contribution in [-0.4, -0.2) is 72.4 Å². The third-order valence-electron chi connectivity index (χ3n) is 5.02. The number of ether oxygens (including phenoxy) is 1. The van der Waals surface area contributed by atoms with Crippen molar-refractivity contribution >= 4 is 29.1 Å². The zero-order valence-corrected chi connectivity index (χ0v) is 18.6. The Kier molecular flexibility index (Phi) is 8.22. The molecule has 1 aliphatic heterocycles. The van der Waals surface area contributed by atoms with E-state index in [0.29, 0.717) is 29.6 Å². The quantitative estimate of drug-likeness (QED) is 0.634. The normalized spacial score (nSPS) is 15.8. The molecule has 1 atom stereocenters. The fraction of sp³-hybridized carbons (Fsp3) is 0.409. The van der Waals surface area contributed by atoms with Crippen LogP contribution in [0.5, 0.6) is 5.75 Å². The molecule has 166 valence electrons. The highest BCUT2D eigenvalue weighted by Gasteiger charge is 2.20. The third kappa shape index (κ3) is 7.20. The number of pyridine rings is 1. The van der Waals surface area contributed by atoms with Gasteiger partial charge in [0.15, 0.2) is 0 Å². The second-order valence-corrected chi connectivity index (χ2v) is 8.13. The summed E-state index contributed by atoms with van der Waals surface area (Å²) in [4.78, 5) is 33.1. The first kappa shape index (κ1) is 23.0. The SMILES string of the molecule is C[C@H](CN1CCN(C)CC1)NC(=O)C(=O)Nc1ccc(OCc2cccnc2)c(Cl)c1. The van der Waals surface area contributed by atoms with Crippen molar-refractivity contribution in [2.45, 2.75) is 19.6 Å². The fourth-order valence-electron chi connectivity index (χ4n) is 3.28. The largest absolute Gasteiger partial charge is 0.487 e. The smallest absolute Gasteiger partial charge is 0.313 e. The number of anilines is 1. The highest BCUT2D eigenvalue weighted by atomic mass is 35.5. The van der Waals surface area contributed by atoms with E-state index >= 15 is 0 Å². The molecule has 31 heavy (non-hydrogen) atoms. The van der Waals surface area contributed by atoms with Crippen LogP contribution < -0.4 is 15.4 Å². The Bertz CT molecular complexity index is 888. The van der Waals surface area contributed by atoms with Crippen LogP contribution in [0.2, 0.25) is 5.02 Å². The number of aromatic nitrogens is 1. The molecular weight excluding hydrogens is 418 g/mol. The monoisotopic (exact) mass is 445 g/mol. The third-order valence-corrected chi connectivity index (χ3v) is 5.31.